The molecule has 1 aromatic heterocycles. The van der Waals surface area contributed by atoms with Crippen molar-refractivity contribution in [1.29, 1.82) is 0 Å². The molecule has 0 aromatic carbocycles. The van der Waals surface area contributed by atoms with Gasteiger partial charge in [-0.2, -0.15) is 0 Å². The topological polar surface area (TPSA) is 57.6 Å². The smallest absolute Gasteiger partial charge is 0.345 e. The summed E-state index contributed by atoms with van der Waals surface area (Å²) in [4.78, 5) is 21.4. The zero-order valence-corrected chi connectivity index (χ0v) is 10.1. The molecule has 0 unspecified atom stereocenters. The van der Waals surface area contributed by atoms with Gasteiger partial charge in [0.05, 0.1) is 3.79 Å². The minimum Gasteiger partial charge on any atom is -0.477 e. The van der Waals surface area contributed by atoms with Crippen molar-refractivity contribution >= 4 is 39.6 Å². The van der Waals surface area contributed by atoms with Crippen molar-refractivity contribution in [2.45, 2.75) is 0 Å². The lowest BCUT2D eigenvalue weighted by molar-refractivity contribution is -0.115. The Hall–Kier alpha value is -0.880. The van der Waals surface area contributed by atoms with Crippen molar-refractivity contribution in [1.82, 2.24) is 4.90 Å². The number of amides is 1. The maximum atomic E-state index is 10.2. The number of rotatable bonds is 2. The Kier molecular flexibility index (Phi) is 6.14. The van der Waals surface area contributed by atoms with Crippen LogP contribution in [-0.4, -0.2) is 36.5 Å². The maximum absolute atomic E-state index is 10.2. The molecule has 6 heteroatoms. The summed E-state index contributed by atoms with van der Waals surface area (Å²) in [5, 5.41) is 8.39. The van der Waals surface area contributed by atoms with Gasteiger partial charge in [0.15, 0.2) is 0 Å². The molecule has 0 bridgehead atoms. The molecule has 0 aliphatic rings. The molecule has 0 radical (unpaired) electrons. The highest BCUT2D eigenvalue weighted by atomic mass is 79.9. The van der Waals surface area contributed by atoms with Gasteiger partial charge in [-0.15, -0.1) is 11.3 Å². The van der Waals surface area contributed by atoms with Crippen LogP contribution in [0.25, 0.3) is 0 Å². The molecule has 0 fully saturated rings. The van der Waals surface area contributed by atoms with E-state index in [1.165, 1.54) is 16.2 Å². The number of hydrogen-bond donors (Lipinski definition) is 1. The Balaban J connectivity index is 0.000000292. The number of nitrogens with zero attached hydrogens (tertiary/aromatic N) is 1. The minimum atomic E-state index is -0.870. The quantitative estimate of drug-likeness (QED) is 0.842. The van der Waals surface area contributed by atoms with Crippen molar-refractivity contribution < 1.29 is 14.7 Å². The number of carboxylic acids is 1. The molecule has 1 aromatic rings. The van der Waals surface area contributed by atoms with Gasteiger partial charge >= 0.3 is 5.97 Å². The number of carbonyl (C=O) groups is 2. The lowest BCUT2D eigenvalue weighted by atomic mass is 10.5. The second-order valence-corrected chi connectivity index (χ2v) is 4.94. The van der Waals surface area contributed by atoms with Gasteiger partial charge in [-0.05, 0) is 28.1 Å². The van der Waals surface area contributed by atoms with Crippen LogP contribution in [0.5, 0.6) is 0 Å². The normalized spacial score (nSPS) is 8.50. The predicted octanol–water partition coefficient (Wildman–Crippen LogP) is 1.91. The minimum absolute atomic E-state index is 0.363. The molecule has 0 aliphatic carbocycles. The van der Waals surface area contributed by atoms with Gasteiger partial charge < -0.3 is 10.0 Å². The van der Waals surface area contributed by atoms with Gasteiger partial charge in [0.1, 0.15) is 4.88 Å². The third kappa shape index (κ3) is 5.71. The molecule has 78 valence electrons. The van der Waals surface area contributed by atoms with Gasteiger partial charge in [0.2, 0.25) is 6.41 Å². The molecule has 0 saturated carbocycles. The highest BCUT2D eigenvalue weighted by Gasteiger charge is 2.03. The molecular weight excluding hydrogens is 270 g/mol. The van der Waals surface area contributed by atoms with Crippen molar-refractivity contribution in [3.8, 4) is 0 Å². The molecule has 1 heterocycles. The third-order valence-electron chi connectivity index (χ3n) is 0.995. The molecular formula is C8H10BrNO3S. The Labute approximate surface area is 94.3 Å². The standard InChI is InChI=1S/C5H3BrO2S.C3H7NO/c6-4-2-1-3(9-4)5(7)8;1-4(2)3-5/h1-2H,(H,7,8);3H,1-2H3. The summed E-state index contributed by atoms with van der Waals surface area (Å²) in [6, 6.07) is 3.28. The lowest BCUT2D eigenvalue weighted by Gasteiger charge is -1.93. The first kappa shape index (κ1) is 13.1. The molecule has 0 atom stereocenters. The average Bonchev–Trinajstić information content (AvgIpc) is 2.53. The largest absolute Gasteiger partial charge is 0.477 e. The Bertz CT molecular complexity index is 311. The highest BCUT2D eigenvalue weighted by molar-refractivity contribution is 9.11. The summed E-state index contributed by atoms with van der Waals surface area (Å²) >= 11 is 4.37. The number of carboxylic acid groups (broad SMARTS) is 1. The SMILES string of the molecule is CN(C)C=O.O=C(O)c1ccc(Br)s1. The van der Waals surface area contributed by atoms with Crippen molar-refractivity contribution in [2.24, 2.45) is 0 Å². The fourth-order valence-electron chi connectivity index (χ4n) is 0.429. The Morgan fingerprint density at radius 1 is 1.57 bits per heavy atom. The summed E-state index contributed by atoms with van der Waals surface area (Å²) < 4.78 is 0.847. The van der Waals surface area contributed by atoms with Crippen molar-refractivity contribution in [2.75, 3.05) is 14.1 Å². The van der Waals surface area contributed by atoms with Gasteiger partial charge in [-0.25, -0.2) is 4.79 Å². The Morgan fingerprint density at radius 2 is 2.07 bits per heavy atom. The first-order chi connectivity index (χ1) is 6.47. The summed E-state index contributed by atoms with van der Waals surface area (Å²) in [6.45, 7) is 0. The maximum Gasteiger partial charge on any atom is 0.345 e. The molecule has 0 aliphatic heterocycles. The molecule has 1 rings (SSSR count). The van der Waals surface area contributed by atoms with Crippen molar-refractivity contribution in [3.05, 3.63) is 20.8 Å². The van der Waals surface area contributed by atoms with E-state index in [0.29, 0.717) is 4.88 Å². The van der Waals surface area contributed by atoms with E-state index >= 15 is 0 Å². The number of thiophene rings is 1. The monoisotopic (exact) mass is 279 g/mol. The first-order valence-corrected chi connectivity index (χ1v) is 5.18. The van der Waals surface area contributed by atoms with Gasteiger partial charge in [-0.3, -0.25) is 4.79 Å². The van der Waals surface area contributed by atoms with E-state index in [1.54, 1.807) is 26.2 Å². The summed E-state index contributed by atoms with van der Waals surface area (Å²) in [5.74, 6) is -0.870. The number of carbonyl (C=O) groups excluding carboxylic acids is 1. The van der Waals surface area contributed by atoms with E-state index in [9.17, 15) is 9.59 Å². The Morgan fingerprint density at radius 3 is 2.21 bits per heavy atom. The number of hydrogen-bond acceptors (Lipinski definition) is 3. The summed E-state index contributed by atoms with van der Waals surface area (Å²) in [6.07, 6.45) is 0.750. The predicted molar refractivity (Wildman–Crippen MR) is 58.7 cm³/mol. The van der Waals surface area contributed by atoms with Crippen molar-refractivity contribution in [3.63, 3.8) is 0 Å². The van der Waals surface area contributed by atoms with E-state index in [-0.39, 0.29) is 0 Å². The van der Waals surface area contributed by atoms with Gasteiger partial charge in [0, 0.05) is 14.1 Å². The molecule has 1 amide bonds. The second-order valence-electron chi connectivity index (χ2n) is 2.48. The van der Waals surface area contributed by atoms with E-state index in [2.05, 4.69) is 15.9 Å². The van der Waals surface area contributed by atoms with Crippen LogP contribution in [0.15, 0.2) is 15.9 Å². The fraction of sp³-hybridized carbons (Fsp3) is 0.250. The summed E-state index contributed by atoms with van der Waals surface area (Å²) in [5.41, 5.74) is 0. The average molecular weight is 280 g/mol. The van der Waals surface area contributed by atoms with Crippen LogP contribution in [-0.2, 0) is 4.79 Å². The zero-order chi connectivity index (χ0) is 11.1. The van der Waals surface area contributed by atoms with E-state index in [4.69, 9.17) is 5.11 Å². The molecule has 1 N–H and O–H groups in total. The lowest BCUT2D eigenvalue weighted by Crippen LogP contribution is -2.06. The van der Waals surface area contributed by atoms with Crippen LogP contribution in [0.2, 0.25) is 0 Å². The van der Waals surface area contributed by atoms with Crippen LogP contribution in [0, 0.1) is 0 Å². The fourth-order valence-corrected chi connectivity index (χ4v) is 1.65. The molecule has 0 spiro atoms. The van der Waals surface area contributed by atoms with Crippen LogP contribution in [0.1, 0.15) is 9.67 Å². The van der Waals surface area contributed by atoms with Crippen LogP contribution < -0.4 is 0 Å². The van der Waals surface area contributed by atoms with Gasteiger partial charge in [0.25, 0.3) is 0 Å². The molecule has 4 nitrogen and oxygen atoms in total. The van der Waals surface area contributed by atoms with Crippen LogP contribution in [0.4, 0.5) is 0 Å². The first-order valence-electron chi connectivity index (χ1n) is 3.57. The van der Waals surface area contributed by atoms with E-state index in [0.717, 1.165) is 10.2 Å². The third-order valence-corrected chi connectivity index (χ3v) is 2.61. The highest BCUT2D eigenvalue weighted by Crippen LogP contribution is 2.21. The van der Waals surface area contributed by atoms with Crippen LogP contribution >= 0.6 is 27.3 Å². The van der Waals surface area contributed by atoms with E-state index < -0.39 is 5.97 Å². The van der Waals surface area contributed by atoms with E-state index in [1.807, 2.05) is 0 Å². The van der Waals surface area contributed by atoms with Crippen LogP contribution in [0.3, 0.4) is 0 Å². The number of halogens is 1. The molecule has 14 heavy (non-hydrogen) atoms. The molecule has 0 saturated heterocycles. The zero-order valence-electron chi connectivity index (χ0n) is 7.73. The number of aromatic carboxylic acids is 1. The van der Waals surface area contributed by atoms with Gasteiger partial charge in [-0.1, -0.05) is 0 Å². The summed E-state index contributed by atoms with van der Waals surface area (Å²) in [7, 11) is 3.38. The second kappa shape index (κ2) is 6.56.